The molecule has 1 fully saturated rings. The second-order valence-electron chi connectivity index (χ2n) is 7.67. The molecule has 0 bridgehead atoms. The molecule has 0 spiro atoms. The number of rotatable bonds is 5. The van der Waals surface area contributed by atoms with Gasteiger partial charge in [-0.2, -0.15) is 5.10 Å². The van der Waals surface area contributed by atoms with Crippen LogP contribution in [-0.4, -0.2) is 43.6 Å². The average molecular weight is 449 g/mol. The Kier molecular flexibility index (Phi) is 5.06. The van der Waals surface area contributed by atoms with E-state index in [2.05, 4.69) is 15.4 Å². The van der Waals surface area contributed by atoms with Crippen molar-refractivity contribution in [1.29, 1.82) is 0 Å². The van der Waals surface area contributed by atoms with Crippen LogP contribution in [-0.2, 0) is 18.3 Å². The molecular formula is C22H20N6O3S. The predicted molar refractivity (Wildman–Crippen MR) is 120 cm³/mol. The molecule has 162 valence electrons. The van der Waals surface area contributed by atoms with Gasteiger partial charge in [0.2, 0.25) is 5.91 Å². The zero-order chi connectivity index (χ0) is 22.2. The van der Waals surface area contributed by atoms with E-state index in [1.165, 1.54) is 21.9 Å². The number of amides is 2. The van der Waals surface area contributed by atoms with Gasteiger partial charge in [0.05, 0.1) is 11.9 Å². The van der Waals surface area contributed by atoms with Crippen LogP contribution in [0.3, 0.4) is 0 Å². The smallest absolute Gasteiger partial charge is 0.271 e. The summed E-state index contributed by atoms with van der Waals surface area (Å²) in [6.45, 7) is 0.471. The fourth-order valence-corrected chi connectivity index (χ4v) is 4.79. The van der Waals surface area contributed by atoms with Crippen molar-refractivity contribution in [3.8, 4) is 0 Å². The van der Waals surface area contributed by atoms with Crippen molar-refractivity contribution < 1.29 is 9.59 Å². The quantitative estimate of drug-likeness (QED) is 0.500. The summed E-state index contributed by atoms with van der Waals surface area (Å²) in [5, 5.41) is 6.78. The highest BCUT2D eigenvalue weighted by Gasteiger charge is 2.34. The van der Waals surface area contributed by atoms with E-state index in [1.807, 2.05) is 30.3 Å². The lowest BCUT2D eigenvalue weighted by atomic mass is 10.1. The van der Waals surface area contributed by atoms with Crippen LogP contribution in [0.5, 0.6) is 0 Å². The Morgan fingerprint density at radius 1 is 1.19 bits per heavy atom. The lowest BCUT2D eigenvalue weighted by Gasteiger charge is -2.15. The summed E-state index contributed by atoms with van der Waals surface area (Å²) < 4.78 is 3.01. The molecule has 1 aliphatic heterocycles. The van der Waals surface area contributed by atoms with Gasteiger partial charge in [0, 0.05) is 43.5 Å². The fourth-order valence-electron chi connectivity index (χ4n) is 3.82. The number of nitrogens with one attached hydrogen (secondary N) is 1. The van der Waals surface area contributed by atoms with Crippen LogP contribution in [0.4, 0.5) is 5.69 Å². The van der Waals surface area contributed by atoms with Crippen LogP contribution in [0.1, 0.15) is 27.2 Å². The van der Waals surface area contributed by atoms with Gasteiger partial charge in [0.1, 0.15) is 11.6 Å². The maximum atomic E-state index is 12.9. The maximum Gasteiger partial charge on any atom is 0.271 e. The zero-order valence-corrected chi connectivity index (χ0v) is 18.1. The van der Waals surface area contributed by atoms with Crippen molar-refractivity contribution in [3.63, 3.8) is 0 Å². The van der Waals surface area contributed by atoms with Gasteiger partial charge in [-0.25, -0.2) is 4.98 Å². The van der Waals surface area contributed by atoms with Crippen LogP contribution in [0.2, 0.25) is 0 Å². The summed E-state index contributed by atoms with van der Waals surface area (Å²) in [4.78, 5) is 45.9. The van der Waals surface area contributed by atoms with E-state index in [1.54, 1.807) is 35.2 Å². The number of carbonyl (C=O) groups is 2. The van der Waals surface area contributed by atoms with Gasteiger partial charge in [0.25, 0.3) is 11.5 Å². The molecule has 2 amide bonds. The van der Waals surface area contributed by atoms with E-state index in [-0.39, 0.29) is 11.5 Å². The topological polar surface area (TPSA) is 102 Å². The minimum absolute atomic E-state index is 0.0841. The molecule has 1 aromatic carbocycles. The number of hydrogen-bond donors (Lipinski definition) is 1. The summed E-state index contributed by atoms with van der Waals surface area (Å²) in [5.74, 6) is -0.819. The van der Waals surface area contributed by atoms with Gasteiger partial charge in [-0.05, 0) is 12.0 Å². The Bertz CT molecular complexity index is 1370. The first-order valence-electron chi connectivity index (χ1n) is 10.1. The van der Waals surface area contributed by atoms with E-state index in [0.29, 0.717) is 30.0 Å². The van der Waals surface area contributed by atoms with Crippen LogP contribution in [0, 0.1) is 0 Å². The Morgan fingerprint density at radius 2 is 2.00 bits per heavy atom. The molecule has 1 N–H and O–H groups in total. The lowest BCUT2D eigenvalue weighted by molar-refractivity contribution is -0.118. The normalized spacial score (nSPS) is 16.1. The Morgan fingerprint density at radius 3 is 2.75 bits per heavy atom. The predicted octanol–water partition coefficient (Wildman–Crippen LogP) is 1.62. The Labute approximate surface area is 186 Å². The highest BCUT2D eigenvalue weighted by molar-refractivity contribution is 7.17. The molecule has 1 unspecified atom stereocenters. The summed E-state index contributed by atoms with van der Waals surface area (Å²) in [6.07, 6.45) is 7.50. The first-order valence-corrected chi connectivity index (χ1v) is 11.0. The third kappa shape index (κ3) is 3.69. The third-order valence-corrected chi connectivity index (χ3v) is 6.43. The van der Waals surface area contributed by atoms with Crippen molar-refractivity contribution >= 4 is 33.8 Å². The van der Waals surface area contributed by atoms with Crippen molar-refractivity contribution in [3.05, 3.63) is 81.5 Å². The molecule has 5 rings (SSSR count). The molecule has 0 radical (unpaired) electrons. The molecular weight excluding hydrogens is 428 g/mol. The van der Waals surface area contributed by atoms with Crippen molar-refractivity contribution in [2.24, 2.45) is 7.05 Å². The van der Waals surface area contributed by atoms with Crippen molar-refractivity contribution in [1.82, 2.24) is 24.5 Å². The minimum Gasteiger partial charge on any atom is -0.340 e. The molecule has 0 saturated carbocycles. The molecule has 0 aliphatic carbocycles. The van der Waals surface area contributed by atoms with E-state index in [9.17, 15) is 14.4 Å². The summed E-state index contributed by atoms with van der Waals surface area (Å²) in [5.41, 5.74) is 1.28. The first-order chi connectivity index (χ1) is 15.5. The van der Waals surface area contributed by atoms with E-state index in [4.69, 9.17) is 0 Å². The highest BCUT2D eigenvalue weighted by atomic mass is 32.1. The second kappa shape index (κ2) is 8.04. The number of thiazole rings is 1. The van der Waals surface area contributed by atoms with Gasteiger partial charge in [-0.1, -0.05) is 30.3 Å². The number of hydrogen-bond acceptors (Lipinski definition) is 6. The maximum absolute atomic E-state index is 12.9. The molecule has 9 nitrogen and oxygen atoms in total. The fraction of sp³-hybridized carbons (Fsp3) is 0.227. The van der Waals surface area contributed by atoms with Crippen LogP contribution >= 0.6 is 11.3 Å². The van der Waals surface area contributed by atoms with Gasteiger partial charge in [-0.3, -0.25) is 23.5 Å². The third-order valence-electron chi connectivity index (χ3n) is 5.43. The summed E-state index contributed by atoms with van der Waals surface area (Å²) in [7, 11) is 1.77. The molecule has 1 atom stereocenters. The Balaban J connectivity index is 1.34. The van der Waals surface area contributed by atoms with E-state index in [0.717, 1.165) is 10.4 Å². The van der Waals surface area contributed by atoms with E-state index < -0.39 is 17.5 Å². The first kappa shape index (κ1) is 20.1. The molecule has 4 aromatic rings. The summed E-state index contributed by atoms with van der Waals surface area (Å²) in [6, 6.07) is 9.24. The largest absolute Gasteiger partial charge is 0.340 e. The van der Waals surface area contributed by atoms with Gasteiger partial charge in [-0.15, -0.1) is 11.3 Å². The molecule has 1 saturated heterocycles. The van der Waals surface area contributed by atoms with Crippen LogP contribution < -0.4 is 15.8 Å². The molecule has 1 aliphatic rings. The molecule has 32 heavy (non-hydrogen) atoms. The zero-order valence-electron chi connectivity index (χ0n) is 17.3. The van der Waals surface area contributed by atoms with Gasteiger partial charge >= 0.3 is 0 Å². The van der Waals surface area contributed by atoms with Crippen LogP contribution in [0.25, 0.3) is 4.96 Å². The molecule has 4 heterocycles. The number of anilines is 1. The van der Waals surface area contributed by atoms with Gasteiger partial charge in [0.15, 0.2) is 4.96 Å². The minimum atomic E-state index is -0.695. The number of benzene rings is 1. The summed E-state index contributed by atoms with van der Waals surface area (Å²) >= 11 is 1.41. The monoisotopic (exact) mass is 448 g/mol. The highest BCUT2D eigenvalue weighted by Crippen LogP contribution is 2.21. The van der Waals surface area contributed by atoms with Gasteiger partial charge < -0.3 is 10.2 Å². The number of fused-ring (bicyclic) bond motifs is 1. The molecule has 3 aromatic heterocycles. The molecule has 10 heteroatoms. The van der Waals surface area contributed by atoms with Crippen LogP contribution in [0.15, 0.2) is 59.9 Å². The van der Waals surface area contributed by atoms with Crippen molar-refractivity contribution in [2.45, 2.75) is 18.9 Å². The number of aromatic nitrogens is 4. The number of carbonyl (C=O) groups excluding carboxylic acids is 2. The van der Waals surface area contributed by atoms with E-state index >= 15 is 0 Å². The number of aryl methyl sites for hydroxylation is 1. The SMILES string of the molecule is Cn1cc(N2CCC(NC(=O)c3cnc4sc(Cc5ccccc5)cn4c3=O)C2=O)cn1. The Hall–Kier alpha value is -3.79. The lowest BCUT2D eigenvalue weighted by Crippen LogP contribution is -2.43. The average Bonchev–Trinajstić information content (AvgIpc) is 3.48. The standard InChI is InChI=1S/C22H20N6O3S/c1-26-12-15(10-24-26)27-8-7-18(21(27)31)25-19(29)17-11-23-22-28(20(17)30)13-16(32-22)9-14-5-3-2-4-6-14/h2-6,10-13,18H,7-9H2,1H3,(H,25,29). The van der Waals surface area contributed by atoms with Crippen molar-refractivity contribution in [2.75, 3.05) is 11.4 Å². The second-order valence-corrected chi connectivity index (χ2v) is 8.76. The number of nitrogens with zero attached hydrogens (tertiary/aromatic N) is 5.